The third-order valence-electron chi connectivity index (χ3n) is 3.49. The van der Waals surface area contributed by atoms with Crippen LogP contribution in [-0.4, -0.2) is 18.4 Å². The van der Waals surface area contributed by atoms with Crippen LogP contribution in [0.15, 0.2) is 42.5 Å². The molecule has 28 heavy (non-hydrogen) atoms. The minimum absolute atomic E-state index is 0.00839. The van der Waals surface area contributed by atoms with Gasteiger partial charge in [0.25, 0.3) is 0 Å². The van der Waals surface area contributed by atoms with Crippen LogP contribution in [0.5, 0.6) is 0 Å². The molecule has 2 rings (SSSR count). The molecular weight excluding hydrogens is 392 g/mol. The molecule has 0 aromatic heterocycles. The molecule has 0 aliphatic heterocycles. The highest BCUT2D eigenvalue weighted by Gasteiger charge is 2.36. The molecule has 0 bridgehead atoms. The number of primary amides is 1. The van der Waals surface area contributed by atoms with E-state index in [1.807, 2.05) is 0 Å². The molecule has 2 amide bonds. The summed E-state index contributed by atoms with van der Waals surface area (Å²) in [5.41, 5.74) is 2.02. The van der Waals surface area contributed by atoms with Crippen LogP contribution in [0.2, 0.25) is 0 Å². The predicted octanol–water partition coefficient (Wildman–Crippen LogP) is 3.87. The maximum atomic E-state index is 12.8. The fourth-order valence-electron chi connectivity index (χ4n) is 2.16. The van der Waals surface area contributed by atoms with Gasteiger partial charge in [0.1, 0.15) is 0 Å². The molecule has 0 radical (unpaired) electrons. The molecule has 0 spiro atoms. The number of hydrogen-bond donors (Lipinski definition) is 3. The van der Waals surface area contributed by atoms with Crippen molar-refractivity contribution in [2.45, 2.75) is 12.4 Å². The number of anilines is 2. The lowest BCUT2D eigenvalue weighted by molar-refractivity contribution is -0.143. The van der Waals surface area contributed by atoms with Crippen LogP contribution in [0, 0.1) is 0 Å². The van der Waals surface area contributed by atoms with E-state index in [0.717, 1.165) is 0 Å². The van der Waals surface area contributed by atoms with Gasteiger partial charge in [-0.3, -0.25) is 9.59 Å². The molecule has 2 aromatic rings. The van der Waals surface area contributed by atoms with Crippen molar-refractivity contribution in [1.82, 2.24) is 0 Å². The lowest BCUT2D eigenvalue weighted by atomic mass is 10.1. The maximum Gasteiger partial charge on any atom is 0.416 e. The van der Waals surface area contributed by atoms with Crippen LogP contribution in [0.25, 0.3) is 0 Å². The van der Waals surface area contributed by atoms with Crippen molar-refractivity contribution >= 4 is 23.2 Å². The Morgan fingerprint density at radius 3 is 1.75 bits per heavy atom. The Balaban J connectivity index is 2.10. The summed E-state index contributed by atoms with van der Waals surface area (Å²) < 4.78 is 76.8. The molecule has 0 fully saturated rings. The van der Waals surface area contributed by atoms with Gasteiger partial charge in [-0.25, -0.2) is 0 Å². The Bertz CT molecular complexity index is 844. The molecule has 0 heterocycles. The first kappa shape index (κ1) is 21.1. The van der Waals surface area contributed by atoms with Crippen molar-refractivity contribution in [2.24, 2.45) is 5.73 Å². The van der Waals surface area contributed by atoms with E-state index in [0.29, 0.717) is 12.1 Å². The molecule has 0 saturated heterocycles. The van der Waals surface area contributed by atoms with Gasteiger partial charge in [-0.2, -0.15) is 26.3 Å². The van der Waals surface area contributed by atoms with E-state index in [1.54, 1.807) is 0 Å². The monoisotopic (exact) mass is 405 g/mol. The topological polar surface area (TPSA) is 84.2 Å². The molecule has 150 valence electrons. The Hall–Kier alpha value is -3.24. The normalized spacial score (nSPS) is 11.8. The summed E-state index contributed by atoms with van der Waals surface area (Å²) in [6, 6.07) is 6.36. The molecule has 4 N–H and O–H groups in total. The summed E-state index contributed by atoms with van der Waals surface area (Å²) in [7, 11) is 0. The van der Waals surface area contributed by atoms with E-state index in [1.165, 1.54) is 24.3 Å². The van der Waals surface area contributed by atoms with Crippen LogP contribution < -0.4 is 16.4 Å². The van der Waals surface area contributed by atoms with E-state index in [-0.39, 0.29) is 17.3 Å². The molecule has 0 aliphatic rings. The fourth-order valence-corrected chi connectivity index (χ4v) is 2.16. The van der Waals surface area contributed by atoms with E-state index < -0.39 is 47.5 Å². The smallest absolute Gasteiger partial charge is 0.376 e. The van der Waals surface area contributed by atoms with Gasteiger partial charge >= 0.3 is 12.4 Å². The second-order valence-corrected chi connectivity index (χ2v) is 5.64. The number of carbonyl (C=O) groups excluding carboxylic acids is 2. The van der Waals surface area contributed by atoms with Crippen molar-refractivity contribution < 1.29 is 35.9 Å². The number of carbonyl (C=O) groups is 2. The van der Waals surface area contributed by atoms with E-state index in [2.05, 4.69) is 10.6 Å². The van der Waals surface area contributed by atoms with Gasteiger partial charge in [0, 0.05) is 16.9 Å². The van der Waals surface area contributed by atoms with E-state index in [9.17, 15) is 35.9 Å². The summed E-state index contributed by atoms with van der Waals surface area (Å²) >= 11 is 0. The number of alkyl halides is 6. The lowest BCUT2D eigenvalue weighted by Crippen LogP contribution is -2.22. The first-order valence-electron chi connectivity index (χ1n) is 7.59. The summed E-state index contributed by atoms with van der Waals surface area (Å²) in [5.74, 6) is -1.40. The van der Waals surface area contributed by atoms with Crippen molar-refractivity contribution in [1.29, 1.82) is 0 Å². The highest BCUT2D eigenvalue weighted by molar-refractivity contribution is 5.96. The number of amides is 2. The van der Waals surface area contributed by atoms with Gasteiger partial charge < -0.3 is 16.4 Å². The summed E-state index contributed by atoms with van der Waals surface area (Å²) in [4.78, 5) is 22.8. The zero-order chi connectivity index (χ0) is 21.1. The van der Waals surface area contributed by atoms with Crippen molar-refractivity contribution in [2.75, 3.05) is 17.2 Å². The SMILES string of the molecule is NC(=O)c1ccc(NC(=O)CNc2cc(C(F)(F)F)cc(C(F)(F)F)c2)cc1. The predicted molar refractivity (Wildman–Crippen MR) is 88.5 cm³/mol. The van der Waals surface area contributed by atoms with Crippen LogP contribution in [0.1, 0.15) is 21.5 Å². The lowest BCUT2D eigenvalue weighted by Gasteiger charge is -2.15. The second-order valence-electron chi connectivity index (χ2n) is 5.64. The molecule has 11 heteroatoms. The largest absolute Gasteiger partial charge is 0.416 e. The Morgan fingerprint density at radius 2 is 1.32 bits per heavy atom. The number of benzene rings is 2. The van der Waals surface area contributed by atoms with Crippen LogP contribution >= 0.6 is 0 Å². The van der Waals surface area contributed by atoms with Crippen LogP contribution in [0.4, 0.5) is 37.7 Å². The minimum Gasteiger partial charge on any atom is -0.376 e. The first-order chi connectivity index (χ1) is 12.9. The highest BCUT2D eigenvalue weighted by Crippen LogP contribution is 2.37. The van der Waals surface area contributed by atoms with Gasteiger partial charge in [0.15, 0.2) is 0 Å². The van der Waals surface area contributed by atoms with Gasteiger partial charge in [-0.1, -0.05) is 0 Å². The fraction of sp³-hybridized carbons (Fsp3) is 0.176. The molecule has 5 nitrogen and oxygen atoms in total. The molecule has 2 aromatic carbocycles. The third-order valence-corrected chi connectivity index (χ3v) is 3.49. The summed E-state index contributed by atoms with van der Waals surface area (Å²) in [6.45, 7) is -0.587. The van der Waals surface area contributed by atoms with E-state index in [4.69, 9.17) is 5.73 Å². The quantitative estimate of drug-likeness (QED) is 0.661. The van der Waals surface area contributed by atoms with E-state index >= 15 is 0 Å². The highest BCUT2D eigenvalue weighted by atomic mass is 19.4. The average molecular weight is 405 g/mol. The Kier molecular flexibility index (Phi) is 5.86. The zero-order valence-electron chi connectivity index (χ0n) is 13.9. The number of rotatable bonds is 5. The van der Waals surface area contributed by atoms with Crippen molar-refractivity contribution in [3.63, 3.8) is 0 Å². The van der Waals surface area contributed by atoms with Crippen molar-refractivity contribution in [3.05, 3.63) is 59.2 Å². The maximum absolute atomic E-state index is 12.8. The third kappa shape index (κ3) is 5.63. The molecule has 0 aliphatic carbocycles. The Labute approximate surface area is 154 Å². The number of nitrogens with one attached hydrogen (secondary N) is 2. The van der Waals surface area contributed by atoms with Crippen LogP contribution in [0.3, 0.4) is 0 Å². The van der Waals surface area contributed by atoms with Gasteiger partial charge in [0.05, 0.1) is 17.7 Å². The molecule has 0 unspecified atom stereocenters. The minimum atomic E-state index is -4.98. The number of nitrogens with two attached hydrogens (primary N) is 1. The average Bonchev–Trinajstić information content (AvgIpc) is 2.58. The standard InChI is InChI=1S/C17H13F6N3O2/c18-16(19,20)10-5-11(17(21,22)23)7-13(6-10)25-8-14(27)26-12-3-1-9(2-4-12)15(24)28/h1-7,25H,8H2,(H2,24,28)(H,26,27). The van der Waals surface area contributed by atoms with Crippen molar-refractivity contribution in [3.8, 4) is 0 Å². The molecular formula is C17H13F6N3O2. The van der Waals surface area contributed by atoms with Crippen LogP contribution in [-0.2, 0) is 17.1 Å². The number of halogens is 6. The second kappa shape index (κ2) is 7.79. The number of hydrogen-bond acceptors (Lipinski definition) is 3. The summed E-state index contributed by atoms with van der Waals surface area (Å²) in [6.07, 6.45) is -9.97. The first-order valence-corrected chi connectivity index (χ1v) is 7.59. The Morgan fingerprint density at radius 1 is 0.821 bits per heavy atom. The van der Waals surface area contributed by atoms with Gasteiger partial charge in [-0.05, 0) is 42.5 Å². The molecule has 0 saturated carbocycles. The van der Waals surface area contributed by atoms with Gasteiger partial charge in [-0.15, -0.1) is 0 Å². The molecule has 0 atom stereocenters. The zero-order valence-corrected chi connectivity index (χ0v) is 13.9. The summed E-state index contributed by atoms with van der Waals surface area (Å²) in [5, 5.41) is 4.60. The van der Waals surface area contributed by atoms with Gasteiger partial charge in [0.2, 0.25) is 11.8 Å².